The molecule has 0 aromatic carbocycles. The molecular formula is C10H16N4O2S. The highest BCUT2D eigenvalue weighted by Crippen LogP contribution is 2.19. The van der Waals surface area contributed by atoms with Crippen molar-refractivity contribution in [2.24, 2.45) is 0 Å². The van der Waals surface area contributed by atoms with E-state index in [2.05, 4.69) is 21.8 Å². The van der Waals surface area contributed by atoms with Gasteiger partial charge in [0, 0.05) is 6.61 Å². The van der Waals surface area contributed by atoms with Crippen LogP contribution in [-0.4, -0.2) is 35.0 Å². The molecule has 1 aromatic heterocycles. The fourth-order valence-corrected chi connectivity index (χ4v) is 2.14. The number of amides is 2. The number of anilines is 1. The van der Waals surface area contributed by atoms with Crippen LogP contribution in [-0.2, 0) is 4.74 Å². The van der Waals surface area contributed by atoms with E-state index >= 15 is 0 Å². The Labute approximate surface area is 104 Å². The largest absolute Gasteiger partial charge is 0.356 e. The number of carbonyl (C=O) groups is 1. The first-order valence-corrected chi connectivity index (χ1v) is 6.62. The fraction of sp³-hybridized carbons (Fsp3) is 0.700. The molecule has 0 aliphatic carbocycles. The number of rotatable bonds is 6. The molecule has 0 saturated carbocycles. The summed E-state index contributed by atoms with van der Waals surface area (Å²) in [6.45, 7) is 3.32. The van der Waals surface area contributed by atoms with Gasteiger partial charge < -0.3 is 10.1 Å². The summed E-state index contributed by atoms with van der Waals surface area (Å²) in [4.78, 5) is 13.2. The lowest BCUT2D eigenvalue weighted by atomic mass is 10.3. The van der Waals surface area contributed by atoms with Gasteiger partial charge in [-0.2, -0.15) is 0 Å². The van der Waals surface area contributed by atoms with E-state index in [1.807, 2.05) is 0 Å². The van der Waals surface area contributed by atoms with E-state index in [1.165, 1.54) is 16.4 Å². The Morgan fingerprint density at radius 2 is 2.53 bits per heavy atom. The van der Waals surface area contributed by atoms with Crippen LogP contribution in [0.15, 0.2) is 5.38 Å². The first-order valence-electron chi connectivity index (χ1n) is 5.78. The van der Waals surface area contributed by atoms with Crippen LogP contribution in [0.1, 0.15) is 26.2 Å². The average molecular weight is 256 g/mol. The normalized spacial score (nSPS) is 19.7. The quantitative estimate of drug-likeness (QED) is 0.785. The Hall–Kier alpha value is -1.21. The second-order valence-electron chi connectivity index (χ2n) is 3.85. The summed E-state index contributed by atoms with van der Waals surface area (Å²) in [7, 11) is 0. The van der Waals surface area contributed by atoms with Crippen molar-refractivity contribution in [3.63, 3.8) is 0 Å². The van der Waals surface area contributed by atoms with E-state index in [0.29, 0.717) is 19.0 Å². The number of unbranched alkanes of at least 4 members (excludes halogenated alkanes) is 2. The van der Waals surface area contributed by atoms with Crippen molar-refractivity contribution in [1.82, 2.24) is 14.9 Å². The minimum atomic E-state index is -0.261. The van der Waals surface area contributed by atoms with E-state index in [1.54, 1.807) is 5.38 Å². The van der Waals surface area contributed by atoms with Gasteiger partial charge in [-0.25, -0.2) is 9.69 Å². The molecule has 1 atom stereocenters. The molecule has 0 bridgehead atoms. The van der Waals surface area contributed by atoms with Gasteiger partial charge in [-0.05, 0) is 18.0 Å². The summed E-state index contributed by atoms with van der Waals surface area (Å²) in [6.07, 6.45) is 3.06. The predicted octanol–water partition coefficient (Wildman–Crippen LogP) is 1.60. The van der Waals surface area contributed by atoms with Crippen LogP contribution < -0.4 is 10.2 Å². The van der Waals surface area contributed by atoms with Crippen LogP contribution in [0, 0.1) is 0 Å². The Morgan fingerprint density at radius 3 is 3.24 bits per heavy atom. The molecule has 1 aliphatic heterocycles. The lowest BCUT2D eigenvalue weighted by Crippen LogP contribution is -2.36. The van der Waals surface area contributed by atoms with Gasteiger partial charge >= 0.3 is 6.03 Å². The number of nitrogens with zero attached hydrogens (tertiary/aromatic N) is 3. The van der Waals surface area contributed by atoms with Crippen molar-refractivity contribution in [2.45, 2.75) is 32.4 Å². The highest BCUT2D eigenvalue weighted by atomic mass is 32.1. The van der Waals surface area contributed by atoms with Crippen LogP contribution in [0.3, 0.4) is 0 Å². The second kappa shape index (κ2) is 5.92. The summed E-state index contributed by atoms with van der Waals surface area (Å²) >= 11 is 1.22. The van der Waals surface area contributed by atoms with Gasteiger partial charge in [-0.15, -0.1) is 5.10 Å². The topological polar surface area (TPSA) is 67.3 Å². The maximum atomic E-state index is 11.6. The summed E-state index contributed by atoms with van der Waals surface area (Å²) in [5, 5.41) is 8.39. The number of urea groups is 1. The maximum Gasteiger partial charge on any atom is 0.325 e. The number of carbonyl (C=O) groups excluding carboxylic acids is 1. The maximum absolute atomic E-state index is 11.6. The van der Waals surface area contributed by atoms with Crippen molar-refractivity contribution >= 4 is 23.4 Å². The van der Waals surface area contributed by atoms with E-state index in [0.717, 1.165) is 19.3 Å². The van der Waals surface area contributed by atoms with Gasteiger partial charge in [0.05, 0.1) is 11.9 Å². The van der Waals surface area contributed by atoms with Gasteiger partial charge in [0.1, 0.15) is 0 Å². The van der Waals surface area contributed by atoms with Gasteiger partial charge in [0.25, 0.3) is 0 Å². The minimum Gasteiger partial charge on any atom is -0.356 e. The Balaban J connectivity index is 1.90. The van der Waals surface area contributed by atoms with Crippen molar-refractivity contribution in [3.8, 4) is 0 Å². The van der Waals surface area contributed by atoms with Gasteiger partial charge in [-0.3, -0.25) is 0 Å². The number of hydrogen-bond donors (Lipinski definition) is 1. The fourth-order valence-electron chi connectivity index (χ4n) is 1.70. The van der Waals surface area contributed by atoms with E-state index in [9.17, 15) is 4.79 Å². The van der Waals surface area contributed by atoms with Crippen molar-refractivity contribution < 1.29 is 9.53 Å². The molecule has 7 heteroatoms. The standard InChI is InChI=1S/C10H16N4O2S/c1-2-3-4-5-16-9-6-11-10(15)14(9)8-7-17-13-12-8/h7,9H,2-6H2,1H3,(H,11,15). The van der Waals surface area contributed by atoms with Crippen LogP contribution in [0.25, 0.3) is 0 Å². The SMILES string of the molecule is CCCCCOC1CNC(=O)N1c1csnn1. The molecule has 2 heterocycles. The van der Waals surface area contributed by atoms with Crippen molar-refractivity contribution in [1.29, 1.82) is 0 Å². The zero-order valence-corrected chi connectivity index (χ0v) is 10.6. The van der Waals surface area contributed by atoms with Crippen molar-refractivity contribution in [2.75, 3.05) is 18.1 Å². The number of nitrogens with one attached hydrogen (secondary N) is 1. The monoisotopic (exact) mass is 256 g/mol. The predicted molar refractivity (Wildman–Crippen MR) is 65.1 cm³/mol. The molecule has 1 fully saturated rings. The third-order valence-electron chi connectivity index (χ3n) is 2.59. The zero-order chi connectivity index (χ0) is 12.1. The molecule has 94 valence electrons. The molecule has 6 nitrogen and oxygen atoms in total. The van der Waals surface area contributed by atoms with Gasteiger partial charge in [0.15, 0.2) is 12.0 Å². The third kappa shape index (κ3) is 2.92. The first kappa shape index (κ1) is 12.3. The van der Waals surface area contributed by atoms with E-state index in [-0.39, 0.29) is 12.3 Å². The number of ether oxygens (including phenoxy) is 1. The molecule has 17 heavy (non-hydrogen) atoms. The summed E-state index contributed by atoms with van der Waals surface area (Å²) in [5.74, 6) is 0.561. The molecule has 2 rings (SSSR count). The smallest absolute Gasteiger partial charge is 0.325 e. The number of aromatic nitrogens is 2. The molecule has 1 unspecified atom stereocenters. The molecule has 2 amide bonds. The highest BCUT2D eigenvalue weighted by molar-refractivity contribution is 7.03. The lowest BCUT2D eigenvalue weighted by Gasteiger charge is -2.20. The average Bonchev–Trinajstić information content (AvgIpc) is 2.94. The van der Waals surface area contributed by atoms with Crippen LogP contribution in [0.5, 0.6) is 0 Å². The Morgan fingerprint density at radius 1 is 1.65 bits per heavy atom. The van der Waals surface area contributed by atoms with Crippen LogP contribution in [0.2, 0.25) is 0 Å². The summed E-state index contributed by atoms with van der Waals surface area (Å²) in [6, 6.07) is -0.168. The molecule has 1 aromatic rings. The first-order chi connectivity index (χ1) is 8.33. The van der Waals surface area contributed by atoms with Crippen molar-refractivity contribution in [3.05, 3.63) is 5.38 Å². The summed E-state index contributed by atoms with van der Waals surface area (Å²) in [5.41, 5.74) is 0. The van der Waals surface area contributed by atoms with Crippen LogP contribution in [0.4, 0.5) is 10.6 Å². The molecular weight excluding hydrogens is 240 g/mol. The molecule has 0 radical (unpaired) electrons. The molecule has 0 spiro atoms. The molecule has 1 N–H and O–H groups in total. The van der Waals surface area contributed by atoms with Crippen LogP contribution >= 0.6 is 11.5 Å². The zero-order valence-electron chi connectivity index (χ0n) is 9.76. The van der Waals surface area contributed by atoms with E-state index < -0.39 is 0 Å². The van der Waals surface area contributed by atoms with Gasteiger partial charge in [-0.1, -0.05) is 24.3 Å². The minimum absolute atomic E-state index is 0.168. The van der Waals surface area contributed by atoms with Gasteiger partial charge in [0.2, 0.25) is 0 Å². The number of hydrogen-bond acceptors (Lipinski definition) is 5. The Kier molecular flexibility index (Phi) is 4.27. The highest BCUT2D eigenvalue weighted by Gasteiger charge is 2.34. The Bertz CT molecular complexity index is 357. The molecule has 1 saturated heterocycles. The molecule has 1 aliphatic rings. The second-order valence-corrected chi connectivity index (χ2v) is 4.46. The lowest BCUT2D eigenvalue weighted by molar-refractivity contribution is 0.0665. The van der Waals surface area contributed by atoms with E-state index in [4.69, 9.17) is 4.74 Å². The third-order valence-corrected chi connectivity index (χ3v) is 3.08. The summed E-state index contributed by atoms with van der Waals surface area (Å²) < 4.78 is 9.45.